The number of carbonyl (C=O) groups is 1. The van der Waals surface area contributed by atoms with Crippen LogP contribution in [0.2, 0.25) is 0 Å². The molecule has 2 aromatic carbocycles. The highest BCUT2D eigenvalue weighted by Crippen LogP contribution is 2.22. The maximum absolute atomic E-state index is 11.6. The number of carbonyl (C=O) groups excluding carboxylic acids is 1. The minimum Gasteiger partial charge on any atom is -0.351 e. The van der Waals surface area contributed by atoms with Crippen molar-refractivity contribution in [2.45, 2.75) is 53.1 Å². The molecule has 27 heavy (non-hydrogen) atoms. The molecule has 0 atom stereocenters. The van der Waals surface area contributed by atoms with Crippen LogP contribution >= 0.6 is 0 Å². The molecule has 0 unspecified atom stereocenters. The van der Waals surface area contributed by atoms with Crippen LogP contribution in [-0.4, -0.2) is 22.8 Å². The van der Waals surface area contributed by atoms with Crippen LogP contribution < -0.4 is 5.32 Å². The van der Waals surface area contributed by atoms with Gasteiger partial charge in [0.2, 0.25) is 6.41 Å². The molecule has 144 valence electrons. The first-order valence-electron chi connectivity index (χ1n) is 9.45. The van der Waals surface area contributed by atoms with Crippen molar-refractivity contribution in [2.24, 2.45) is 5.92 Å². The molecule has 4 heteroatoms. The van der Waals surface area contributed by atoms with Gasteiger partial charge in [0.25, 0.3) is 0 Å². The van der Waals surface area contributed by atoms with Crippen LogP contribution in [0.15, 0.2) is 48.5 Å². The second-order valence-corrected chi connectivity index (χ2v) is 8.26. The summed E-state index contributed by atoms with van der Waals surface area (Å²) in [6.45, 7) is 10.9. The average molecular weight is 366 g/mol. The van der Waals surface area contributed by atoms with E-state index in [1.54, 1.807) is 0 Å². The Hall–Kier alpha value is -2.62. The minimum atomic E-state index is -0.240. The largest absolute Gasteiger partial charge is 0.351 e. The summed E-state index contributed by atoms with van der Waals surface area (Å²) in [7, 11) is 0. The highest BCUT2D eigenvalue weighted by Gasteiger charge is 2.22. The minimum absolute atomic E-state index is 0.136. The number of nitrogens with one attached hydrogen (secondary N) is 2. The molecule has 0 saturated carbocycles. The van der Waals surface area contributed by atoms with Gasteiger partial charge in [-0.25, -0.2) is 0 Å². The first-order valence-corrected chi connectivity index (χ1v) is 9.45. The predicted octanol–water partition coefficient (Wildman–Crippen LogP) is 4.97. The summed E-state index contributed by atoms with van der Waals surface area (Å²) in [5.41, 5.74) is 4.23. The fraction of sp³-hybridized carbons (Fsp3) is 0.391. The molecule has 0 bridgehead atoms. The summed E-state index contributed by atoms with van der Waals surface area (Å²) in [6, 6.07) is 16.5. The molecule has 2 rings (SSSR count). The number of guanidine groups is 1. The van der Waals surface area contributed by atoms with Crippen LogP contribution in [0.3, 0.4) is 0 Å². The van der Waals surface area contributed by atoms with E-state index in [1.165, 1.54) is 10.5 Å². The van der Waals surface area contributed by atoms with Crippen LogP contribution in [0, 0.1) is 18.3 Å². The molecular formula is C23H31N3O. The van der Waals surface area contributed by atoms with E-state index in [0.29, 0.717) is 12.5 Å². The molecule has 0 spiro atoms. The van der Waals surface area contributed by atoms with Crippen molar-refractivity contribution in [3.05, 3.63) is 59.7 Å². The third-order valence-corrected chi connectivity index (χ3v) is 4.42. The fourth-order valence-corrected chi connectivity index (χ4v) is 3.50. The van der Waals surface area contributed by atoms with E-state index in [-0.39, 0.29) is 11.5 Å². The summed E-state index contributed by atoms with van der Waals surface area (Å²) in [4.78, 5) is 13.0. The van der Waals surface area contributed by atoms with Gasteiger partial charge in [0.1, 0.15) is 0 Å². The number of aryl methyl sites for hydroxylation is 1. The van der Waals surface area contributed by atoms with E-state index in [1.807, 2.05) is 18.2 Å². The Labute approximate surface area is 163 Å². The Balaban J connectivity index is 2.13. The van der Waals surface area contributed by atoms with Gasteiger partial charge in [-0.1, -0.05) is 61.9 Å². The third-order valence-electron chi connectivity index (χ3n) is 4.42. The smallest absolute Gasteiger partial charge is 0.216 e. The highest BCUT2D eigenvalue weighted by molar-refractivity contribution is 5.87. The van der Waals surface area contributed by atoms with Crippen molar-refractivity contribution in [1.82, 2.24) is 10.2 Å². The molecule has 2 N–H and O–H groups in total. The zero-order valence-electron chi connectivity index (χ0n) is 17.0. The molecule has 1 amide bonds. The maximum Gasteiger partial charge on any atom is 0.216 e. The lowest BCUT2D eigenvalue weighted by Crippen LogP contribution is -2.50. The number of hydrogen-bond acceptors (Lipinski definition) is 2. The topological polar surface area (TPSA) is 56.2 Å². The monoisotopic (exact) mass is 365 g/mol. The molecular weight excluding hydrogens is 334 g/mol. The Morgan fingerprint density at radius 1 is 1.15 bits per heavy atom. The van der Waals surface area contributed by atoms with Crippen molar-refractivity contribution in [3.8, 4) is 11.1 Å². The lowest BCUT2D eigenvalue weighted by molar-refractivity contribution is -0.115. The van der Waals surface area contributed by atoms with Gasteiger partial charge in [-0.15, -0.1) is 0 Å². The lowest BCUT2D eigenvalue weighted by atomic mass is 9.93. The van der Waals surface area contributed by atoms with Crippen molar-refractivity contribution >= 4 is 12.4 Å². The van der Waals surface area contributed by atoms with Crippen LogP contribution in [0.4, 0.5) is 0 Å². The van der Waals surface area contributed by atoms with Gasteiger partial charge in [0.15, 0.2) is 5.96 Å². The van der Waals surface area contributed by atoms with E-state index in [2.05, 4.69) is 70.3 Å². The Bertz CT molecular complexity index is 796. The molecule has 0 fully saturated rings. The number of amides is 1. The van der Waals surface area contributed by atoms with Gasteiger partial charge in [-0.05, 0) is 55.9 Å². The van der Waals surface area contributed by atoms with E-state index in [4.69, 9.17) is 5.41 Å². The standard InChI is InChI=1S/C23H31N3O/c1-17(2)14-23(4,5)25-22(24)26(16-27)15-19-9-7-11-21(13-19)20-10-6-8-18(3)12-20/h6-13,16-17H,14-15H2,1-5H3,(H2,24,25). The molecule has 0 saturated heterocycles. The molecule has 0 radical (unpaired) electrons. The van der Waals surface area contributed by atoms with Crippen LogP contribution in [0.5, 0.6) is 0 Å². The molecule has 2 aromatic rings. The number of nitrogens with zero attached hydrogens (tertiary/aromatic N) is 1. The summed E-state index contributed by atoms with van der Waals surface area (Å²) < 4.78 is 0. The third kappa shape index (κ3) is 6.24. The Morgan fingerprint density at radius 3 is 2.37 bits per heavy atom. The van der Waals surface area contributed by atoms with E-state index >= 15 is 0 Å². The van der Waals surface area contributed by atoms with Gasteiger partial charge >= 0.3 is 0 Å². The SMILES string of the molecule is Cc1cccc(-c2cccc(CN(C=O)C(=N)NC(C)(C)CC(C)C)c2)c1. The van der Waals surface area contributed by atoms with Crippen molar-refractivity contribution < 1.29 is 4.79 Å². The molecule has 0 aromatic heterocycles. The molecule has 0 aliphatic heterocycles. The average Bonchev–Trinajstić information content (AvgIpc) is 2.58. The Kier molecular flexibility index (Phi) is 6.78. The second kappa shape index (κ2) is 8.85. The number of hydrogen-bond donors (Lipinski definition) is 2. The van der Waals surface area contributed by atoms with Crippen LogP contribution in [0.1, 0.15) is 45.2 Å². The number of rotatable bonds is 7. The van der Waals surface area contributed by atoms with Gasteiger partial charge in [-0.3, -0.25) is 15.1 Å². The lowest BCUT2D eigenvalue weighted by Gasteiger charge is -2.32. The summed E-state index contributed by atoms with van der Waals surface area (Å²) in [5, 5.41) is 11.5. The quantitative estimate of drug-likeness (QED) is 0.413. The van der Waals surface area contributed by atoms with Gasteiger partial charge in [0, 0.05) is 5.54 Å². The van der Waals surface area contributed by atoms with Crippen LogP contribution in [-0.2, 0) is 11.3 Å². The molecule has 0 heterocycles. The van der Waals surface area contributed by atoms with Crippen molar-refractivity contribution in [2.75, 3.05) is 0 Å². The summed E-state index contributed by atoms with van der Waals surface area (Å²) >= 11 is 0. The summed E-state index contributed by atoms with van der Waals surface area (Å²) in [6.07, 6.45) is 1.64. The zero-order chi connectivity index (χ0) is 20.0. The Morgan fingerprint density at radius 2 is 1.78 bits per heavy atom. The highest BCUT2D eigenvalue weighted by atomic mass is 16.1. The van der Waals surface area contributed by atoms with E-state index < -0.39 is 0 Å². The van der Waals surface area contributed by atoms with Crippen molar-refractivity contribution in [1.29, 1.82) is 5.41 Å². The first kappa shape index (κ1) is 20.7. The first-order chi connectivity index (χ1) is 12.7. The maximum atomic E-state index is 11.6. The van der Waals surface area contributed by atoms with E-state index in [9.17, 15) is 4.79 Å². The molecule has 0 aliphatic carbocycles. The summed E-state index contributed by atoms with van der Waals surface area (Å²) in [5.74, 6) is 0.646. The van der Waals surface area contributed by atoms with E-state index in [0.717, 1.165) is 29.5 Å². The normalized spacial score (nSPS) is 11.3. The van der Waals surface area contributed by atoms with Gasteiger partial charge < -0.3 is 5.32 Å². The molecule has 0 aliphatic rings. The van der Waals surface area contributed by atoms with Gasteiger partial charge in [0.05, 0.1) is 6.54 Å². The fourth-order valence-electron chi connectivity index (χ4n) is 3.50. The molecule has 4 nitrogen and oxygen atoms in total. The second-order valence-electron chi connectivity index (χ2n) is 8.26. The van der Waals surface area contributed by atoms with Crippen LogP contribution in [0.25, 0.3) is 11.1 Å². The number of benzene rings is 2. The van der Waals surface area contributed by atoms with Crippen molar-refractivity contribution in [3.63, 3.8) is 0 Å². The van der Waals surface area contributed by atoms with Gasteiger partial charge in [-0.2, -0.15) is 0 Å². The zero-order valence-corrected chi connectivity index (χ0v) is 17.0. The predicted molar refractivity (Wildman–Crippen MR) is 113 cm³/mol.